The van der Waals surface area contributed by atoms with Crippen LogP contribution in [0.5, 0.6) is 0 Å². The minimum Gasteiger partial charge on any atom is -0.384 e. The van der Waals surface area contributed by atoms with Gasteiger partial charge >= 0.3 is 0 Å². The van der Waals surface area contributed by atoms with Gasteiger partial charge in [-0.1, -0.05) is 11.6 Å². The lowest BCUT2D eigenvalue weighted by Crippen LogP contribution is -2.28. The Balaban J connectivity index is 2.24. The van der Waals surface area contributed by atoms with Gasteiger partial charge in [0.25, 0.3) is 0 Å². The van der Waals surface area contributed by atoms with Crippen LogP contribution in [-0.4, -0.2) is 36.1 Å². The standard InChI is InChI=1S/C12H20ClN3/c1-10(2)16(3)8-4-6-15-12-5-7-14-9-11(12)13/h5,7,9-10H,4,6,8H2,1-3H3,(H,14,15). The van der Waals surface area contributed by atoms with Crippen LogP contribution in [0, 0.1) is 0 Å². The molecule has 3 nitrogen and oxygen atoms in total. The highest BCUT2D eigenvalue weighted by Crippen LogP contribution is 2.18. The molecule has 90 valence electrons. The minimum absolute atomic E-state index is 0.601. The molecule has 0 aromatic carbocycles. The molecule has 0 atom stereocenters. The minimum atomic E-state index is 0.601. The summed E-state index contributed by atoms with van der Waals surface area (Å²) < 4.78 is 0. The van der Waals surface area contributed by atoms with E-state index in [1.54, 1.807) is 12.4 Å². The molecule has 16 heavy (non-hydrogen) atoms. The molecule has 0 saturated heterocycles. The maximum absolute atomic E-state index is 5.98. The van der Waals surface area contributed by atoms with Crippen molar-refractivity contribution in [3.63, 3.8) is 0 Å². The maximum atomic E-state index is 5.98. The van der Waals surface area contributed by atoms with Crippen LogP contribution in [0.1, 0.15) is 20.3 Å². The summed E-state index contributed by atoms with van der Waals surface area (Å²) in [6.07, 6.45) is 4.51. The van der Waals surface area contributed by atoms with Crippen molar-refractivity contribution in [2.45, 2.75) is 26.3 Å². The smallest absolute Gasteiger partial charge is 0.0820 e. The Morgan fingerprint density at radius 2 is 2.25 bits per heavy atom. The summed E-state index contributed by atoms with van der Waals surface area (Å²) in [5.74, 6) is 0. The first-order chi connectivity index (χ1) is 7.61. The largest absolute Gasteiger partial charge is 0.384 e. The Bertz CT molecular complexity index is 315. The average Bonchev–Trinajstić information content (AvgIpc) is 2.26. The van der Waals surface area contributed by atoms with E-state index < -0.39 is 0 Å². The number of nitrogens with one attached hydrogen (secondary N) is 1. The first-order valence-electron chi connectivity index (χ1n) is 5.65. The first kappa shape index (κ1) is 13.3. The van der Waals surface area contributed by atoms with Crippen molar-refractivity contribution >= 4 is 17.3 Å². The third kappa shape index (κ3) is 4.37. The third-order valence-corrected chi connectivity index (χ3v) is 2.96. The number of aromatic nitrogens is 1. The van der Waals surface area contributed by atoms with Crippen LogP contribution in [0.15, 0.2) is 18.5 Å². The lowest BCUT2D eigenvalue weighted by atomic mass is 10.3. The van der Waals surface area contributed by atoms with Gasteiger partial charge in [0, 0.05) is 25.0 Å². The molecule has 0 aliphatic carbocycles. The predicted molar refractivity (Wildman–Crippen MR) is 70.1 cm³/mol. The van der Waals surface area contributed by atoms with E-state index in [0.29, 0.717) is 11.1 Å². The van der Waals surface area contributed by atoms with Gasteiger partial charge in [0.15, 0.2) is 0 Å². The third-order valence-electron chi connectivity index (χ3n) is 2.66. The van der Waals surface area contributed by atoms with E-state index in [0.717, 1.165) is 25.2 Å². The van der Waals surface area contributed by atoms with Gasteiger partial charge in [-0.25, -0.2) is 0 Å². The van der Waals surface area contributed by atoms with Crippen LogP contribution in [0.4, 0.5) is 5.69 Å². The predicted octanol–water partition coefficient (Wildman–Crippen LogP) is 2.88. The van der Waals surface area contributed by atoms with Crippen LogP contribution in [-0.2, 0) is 0 Å². The number of hydrogen-bond donors (Lipinski definition) is 1. The molecule has 0 fully saturated rings. The van der Waals surface area contributed by atoms with Crippen LogP contribution < -0.4 is 5.32 Å². The number of nitrogens with zero attached hydrogens (tertiary/aromatic N) is 2. The van der Waals surface area contributed by atoms with E-state index >= 15 is 0 Å². The Kier molecular flexibility index (Phi) is 5.56. The number of hydrogen-bond acceptors (Lipinski definition) is 3. The highest BCUT2D eigenvalue weighted by molar-refractivity contribution is 6.33. The Labute approximate surface area is 103 Å². The van der Waals surface area contributed by atoms with Crippen LogP contribution in [0.25, 0.3) is 0 Å². The van der Waals surface area contributed by atoms with E-state index in [-0.39, 0.29) is 0 Å². The van der Waals surface area contributed by atoms with Gasteiger partial charge in [0.1, 0.15) is 0 Å². The zero-order valence-electron chi connectivity index (χ0n) is 10.2. The normalized spacial score (nSPS) is 11.1. The molecule has 4 heteroatoms. The zero-order valence-corrected chi connectivity index (χ0v) is 11.0. The van der Waals surface area contributed by atoms with Crippen molar-refractivity contribution in [3.05, 3.63) is 23.5 Å². The molecular weight excluding hydrogens is 222 g/mol. The summed E-state index contributed by atoms with van der Waals surface area (Å²) in [5, 5.41) is 3.99. The number of anilines is 1. The maximum Gasteiger partial charge on any atom is 0.0820 e. The second-order valence-corrected chi connectivity index (χ2v) is 4.62. The second-order valence-electron chi connectivity index (χ2n) is 4.21. The van der Waals surface area contributed by atoms with Crippen molar-refractivity contribution in [1.29, 1.82) is 0 Å². The van der Waals surface area contributed by atoms with Crippen molar-refractivity contribution in [1.82, 2.24) is 9.88 Å². The second kappa shape index (κ2) is 6.71. The highest BCUT2D eigenvalue weighted by atomic mass is 35.5. The Morgan fingerprint density at radius 3 is 2.88 bits per heavy atom. The summed E-state index contributed by atoms with van der Waals surface area (Å²) in [6, 6.07) is 2.50. The molecule has 0 saturated carbocycles. The summed E-state index contributed by atoms with van der Waals surface area (Å²) in [5.41, 5.74) is 0.962. The van der Waals surface area contributed by atoms with Crippen LogP contribution in [0.3, 0.4) is 0 Å². The lowest BCUT2D eigenvalue weighted by Gasteiger charge is -2.20. The van der Waals surface area contributed by atoms with Crippen LogP contribution in [0.2, 0.25) is 5.02 Å². The van der Waals surface area contributed by atoms with Gasteiger partial charge in [-0.3, -0.25) is 4.98 Å². The fourth-order valence-electron chi connectivity index (χ4n) is 1.33. The van der Waals surface area contributed by atoms with Crippen LogP contribution >= 0.6 is 11.6 Å². The summed E-state index contributed by atoms with van der Waals surface area (Å²) in [6.45, 7) is 6.43. The molecule has 0 aliphatic rings. The molecule has 1 rings (SSSR count). The quantitative estimate of drug-likeness (QED) is 0.777. The highest BCUT2D eigenvalue weighted by Gasteiger charge is 2.02. The van der Waals surface area contributed by atoms with E-state index in [2.05, 4.69) is 36.1 Å². The average molecular weight is 242 g/mol. The SMILES string of the molecule is CC(C)N(C)CCCNc1ccncc1Cl. The van der Waals surface area contributed by atoms with Crippen molar-refractivity contribution in [2.24, 2.45) is 0 Å². The lowest BCUT2D eigenvalue weighted by molar-refractivity contribution is 0.273. The Hall–Kier alpha value is -0.800. The van der Waals surface area contributed by atoms with Gasteiger partial charge in [-0.15, -0.1) is 0 Å². The number of pyridine rings is 1. The van der Waals surface area contributed by atoms with Gasteiger partial charge < -0.3 is 10.2 Å². The van der Waals surface area contributed by atoms with Gasteiger partial charge in [-0.2, -0.15) is 0 Å². The first-order valence-corrected chi connectivity index (χ1v) is 6.02. The molecule has 1 aromatic rings. The van der Waals surface area contributed by atoms with E-state index in [1.807, 2.05) is 6.07 Å². The monoisotopic (exact) mass is 241 g/mol. The van der Waals surface area contributed by atoms with Crippen molar-refractivity contribution in [3.8, 4) is 0 Å². The van der Waals surface area contributed by atoms with Gasteiger partial charge in [0.05, 0.1) is 10.7 Å². The van der Waals surface area contributed by atoms with Gasteiger partial charge in [-0.05, 0) is 39.9 Å². The van der Waals surface area contributed by atoms with Gasteiger partial charge in [0.2, 0.25) is 0 Å². The molecule has 1 heterocycles. The van der Waals surface area contributed by atoms with Crippen molar-refractivity contribution < 1.29 is 0 Å². The molecule has 1 N–H and O–H groups in total. The molecule has 1 aromatic heterocycles. The molecule has 0 aliphatic heterocycles. The van der Waals surface area contributed by atoms with E-state index in [9.17, 15) is 0 Å². The van der Waals surface area contributed by atoms with Crippen molar-refractivity contribution in [2.75, 3.05) is 25.5 Å². The fraction of sp³-hybridized carbons (Fsp3) is 0.583. The number of halogens is 1. The molecular formula is C12H20ClN3. The molecule has 0 bridgehead atoms. The zero-order chi connectivity index (χ0) is 12.0. The Morgan fingerprint density at radius 1 is 1.50 bits per heavy atom. The number of rotatable bonds is 6. The molecule has 0 amide bonds. The summed E-state index contributed by atoms with van der Waals surface area (Å²) >= 11 is 5.98. The topological polar surface area (TPSA) is 28.2 Å². The fourth-order valence-corrected chi connectivity index (χ4v) is 1.51. The molecule has 0 unspecified atom stereocenters. The molecule has 0 spiro atoms. The van der Waals surface area contributed by atoms with E-state index in [1.165, 1.54) is 0 Å². The van der Waals surface area contributed by atoms with E-state index in [4.69, 9.17) is 11.6 Å². The summed E-state index contributed by atoms with van der Waals surface area (Å²) in [4.78, 5) is 6.27. The summed E-state index contributed by atoms with van der Waals surface area (Å²) in [7, 11) is 2.14. The molecule has 0 radical (unpaired) electrons.